The molecule has 1 unspecified atom stereocenters. The van der Waals surface area contributed by atoms with Crippen molar-refractivity contribution in [1.82, 2.24) is 0 Å². The van der Waals surface area contributed by atoms with Gasteiger partial charge >= 0.3 is 5.97 Å². The Kier molecular flexibility index (Phi) is 6.69. The number of ketones is 1. The van der Waals surface area contributed by atoms with Gasteiger partial charge in [0.25, 0.3) is 0 Å². The highest BCUT2D eigenvalue weighted by Gasteiger charge is 2.24. The third-order valence-electron chi connectivity index (χ3n) is 3.78. The number of benzene rings is 2. The molecule has 0 aromatic heterocycles. The molecule has 0 saturated carbocycles. The first-order valence-corrected chi connectivity index (χ1v) is 8.68. The molecule has 0 radical (unpaired) electrons. The van der Waals surface area contributed by atoms with Gasteiger partial charge in [-0.15, -0.1) is 0 Å². The predicted molar refractivity (Wildman–Crippen MR) is 101 cm³/mol. The second-order valence-corrected chi connectivity index (χ2v) is 6.64. The number of hydrogen-bond donors (Lipinski definition) is 1. The molecule has 1 atom stereocenters. The maximum absolute atomic E-state index is 13.8. The summed E-state index contributed by atoms with van der Waals surface area (Å²) in [7, 11) is 0. The highest BCUT2D eigenvalue weighted by molar-refractivity contribution is 6.33. The van der Waals surface area contributed by atoms with Gasteiger partial charge in [0.1, 0.15) is 11.4 Å². The molecule has 5 nitrogen and oxygen atoms in total. The van der Waals surface area contributed by atoms with Crippen molar-refractivity contribution in [1.29, 1.82) is 0 Å². The van der Waals surface area contributed by atoms with E-state index in [4.69, 9.17) is 16.3 Å². The van der Waals surface area contributed by atoms with Crippen LogP contribution in [-0.2, 0) is 9.53 Å². The Bertz CT molecular complexity index is 845. The van der Waals surface area contributed by atoms with Gasteiger partial charge in [-0.3, -0.25) is 9.59 Å². The SMILES string of the molecule is CC(C)C(=O)Nc1ccc(C(=O)C(C)OC(=O)c2c(F)cccc2Cl)cc1. The Hall–Kier alpha value is -2.73. The van der Waals surface area contributed by atoms with Crippen LogP contribution in [0.5, 0.6) is 0 Å². The van der Waals surface area contributed by atoms with Gasteiger partial charge in [-0.05, 0) is 43.3 Å². The van der Waals surface area contributed by atoms with Gasteiger partial charge in [0, 0.05) is 17.2 Å². The zero-order chi connectivity index (χ0) is 20.1. The normalized spacial score (nSPS) is 11.8. The number of rotatable bonds is 6. The molecule has 0 aliphatic heterocycles. The number of ether oxygens (including phenoxy) is 1. The second kappa shape index (κ2) is 8.77. The number of anilines is 1. The number of carbonyl (C=O) groups is 3. The number of esters is 1. The van der Waals surface area contributed by atoms with Crippen molar-refractivity contribution in [3.05, 3.63) is 64.4 Å². The zero-order valence-electron chi connectivity index (χ0n) is 15.1. The Labute approximate surface area is 161 Å². The number of hydrogen-bond acceptors (Lipinski definition) is 4. The molecule has 0 spiro atoms. The summed E-state index contributed by atoms with van der Waals surface area (Å²) in [4.78, 5) is 36.2. The minimum atomic E-state index is -1.13. The van der Waals surface area contributed by atoms with Crippen LogP contribution in [0.25, 0.3) is 0 Å². The van der Waals surface area contributed by atoms with Crippen molar-refractivity contribution in [2.75, 3.05) is 5.32 Å². The average molecular weight is 392 g/mol. The maximum atomic E-state index is 13.8. The number of halogens is 2. The van der Waals surface area contributed by atoms with Crippen LogP contribution in [0.2, 0.25) is 5.02 Å². The van der Waals surface area contributed by atoms with Crippen LogP contribution in [0.4, 0.5) is 10.1 Å². The summed E-state index contributed by atoms with van der Waals surface area (Å²) in [5.74, 6) is -2.61. The summed E-state index contributed by atoms with van der Waals surface area (Å²) >= 11 is 5.83. The van der Waals surface area contributed by atoms with E-state index in [1.807, 2.05) is 0 Å². The van der Waals surface area contributed by atoms with Crippen LogP contribution in [-0.4, -0.2) is 23.8 Å². The van der Waals surface area contributed by atoms with Crippen molar-refractivity contribution in [3.8, 4) is 0 Å². The molecule has 7 heteroatoms. The summed E-state index contributed by atoms with van der Waals surface area (Å²) in [6.07, 6.45) is -1.13. The summed E-state index contributed by atoms with van der Waals surface area (Å²) in [5, 5.41) is 2.62. The van der Waals surface area contributed by atoms with Gasteiger partial charge in [-0.25, -0.2) is 9.18 Å². The topological polar surface area (TPSA) is 72.5 Å². The monoisotopic (exact) mass is 391 g/mol. The fraction of sp³-hybridized carbons (Fsp3) is 0.250. The fourth-order valence-electron chi connectivity index (χ4n) is 2.20. The van der Waals surface area contributed by atoms with E-state index in [2.05, 4.69) is 5.32 Å². The highest BCUT2D eigenvalue weighted by Crippen LogP contribution is 2.21. The Morgan fingerprint density at radius 2 is 1.67 bits per heavy atom. The summed E-state index contributed by atoms with van der Waals surface area (Å²) < 4.78 is 18.8. The van der Waals surface area contributed by atoms with Gasteiger partial charge in [0.05, 0.1) is 5.02 Å². The third-order valence-corrected chi connectivity index (χ3v) is 4.10. The molecule has 142 valence electrons. The van der Waals surface area contributed by atoms with Crippen LogP contribution in [0.15, 0.2) is 42.5 Å². The smallest absolute Gasteiger partial charge is 0.343 e. The molecule has 0 aliphatic carbocycles. The van der Waals surface area contributed by atoms with E-state index in [-0.39, 0.29) is 22.4 Å². The van der Waals surface area contributed by atoms with Gasteiger partial charge < -0.3 is 10.1 Å². The predicted octanol–water partition coefficient (Wildman–Crippen LogP) is 4.50. The van der Waals surface area contributed by atoms with Crippen LogP contribution >= 0.6 is 11.6 Å². The molecule has 1 amide bonds. The number of amides is 1. The maximum Gasteiger partial charge on any atom is 0.343 e. The molecule has 0 heterocycles. The summed E-state index contributed by atoms with van der Waals surface area (Å²) in [6.45, 7) is 4.93. The molecule has 2 aromatic carbocycles. The standard InChI is InChI=1S/C20H19ClFNO4/c1-11(2)19(25)23-14-9-7-13(8-10-14)18(24)12(3)27-20(26)17-15(21)5-4-6-16(17)22/h4-12H,1-3H3,(H,23,25). The first kappa shape index (κ1) is 20.6. The van der Waals surface area contributed by atoms with Gasteiger partial charge in [-0.1, -0.05) is 31.5 Å². The second-order valence-electron chi connectivity index (χ2n) is 6.23. The molecule has 2 rings (SSSR count). The van der Waals surface area contributed by atoms with Gasteiger partial charge in [-0.2, -0.15) is 0 Å². The van der Waals surface area contributed by atoms with Crippen molar-refractivity contribution in [3.63, 3.8) is 0 Å². The van der Waals surface area contributed by atoms with E-state index in [0.29, 0.717) is 5.69 Å². The Morgan fingerprint density at radius 3 is 2.22 bits per heavy atom. The van der Waals surface area contributed by atoms with Crippen molar-refractivity contribution < 1.29 is 23.5 Å². The number of Topliss-reactive ketones (excluding diaryl/α,β-unsaturated/α-hetero) is 1. The average Bonchev–Trinajstić information content (AvgIpc) is 2.61. The lowest BCUT2D eigenvalue weighted by atomic mass is 10.1. The lowest BCUT2D eigenvalue weighted by Gasteiger charge is -2.14. The molecule has 0 bridgehead atoms. The van der Waals surface area contributed by atoms with Crippen LogP contribution < -0.4 is 5.32 Å². The van der Waals surface area contributed by atoms with Crippen molar-refractivity contribution in [2.24, 2.45) is 5.92 Å². The van der Waals surface area contributed by atoms with Gasteiger partial charge in [0.2, 0.25) is 11.7 Å². The first-order valence-electron chi connectivity index (χ1n) is 8.30. The quantitative estimate of drug-likeness (QED) is 0.581. The molecule has 27 heavy (non-hydrogen) atoms. The van der Waals surface area contributed by atoms with Crippen LogP contribution in [0.3, 0.4) is 0 Å². The van der Waals surface area contributed by atoms with Crippen molar-refractivity contribution in [2.45, 2.75) is 26.9 Å². The molecular formula is C20H19ClFNO4. The molecular weight excluding hydrogens is 373 g/mol. The Balaban J connectivity index is 2.06. The van der Waals surface area contributed by atoms with Crippen LogP contribution in [0.1, 0.15) is 41.5 Å². The van der Waals surface area contributed by atoms with E-state index in [1.165, 1.54) is 31.2 Å². The third kappa shape index (κ3) is 5.14. The van der Waals surface area contributed by atoms with E-state index in [9.17, 15) is 18.8 Å². The summed E-state index contributed by atoms with van der Waals surface area (Å²) in [5.41, 5.74) is 0.427. The lowest BCUT2D eigenvalue weighted by molar-refractivity contribution is -0.118. The lowest BCUT2D eigenvalue weighted by Crippen LogP contribution is -2.25. The molecule has 2 aromatic rings. The zero-order valence-corrected chi connectivity index (χ0v) is 15.8. The largest absolute Gasteiger partial charge is 0.451 e. The molecule has 1 N–H and O–H groups in total. The Morgan fingerprint density at radius 1 is 1.04 bits per heavy atom. The highest BCUT2D eigenvalue weighted by atomic mass is 35.5. The van der Waals surface area contributed by atoms with E-state index >= 15 is 0 Å². The van der Waals surface area contributed by atoms with E-state index in [1.54, 1.807) is 26.0 Å². The number of carbonyl (C=O) groups excluding carboxylic acids is 3. The fourth-order valence-corrected chi connectivity index (χ4v) is 2.45. The number of nitrogens with one attached hydrogen (secondary N) is 1. The van der Waals surface area contributed by atoms with E-state index < -0.39 is 29.2 Å². The molecule has 0 fully saturated rings. The van der Waals surface area contributed by atoms with Gasteiger partial charge in [0.15, 0.2) is 6.10 Å². The van der Waals surface area contributed by atoms with E-state index in [0.717, 1.165) is 6.07 Å². The first-order chi connectivity index (χ1) is 12.7. The minimum absolute atomic E-state index is 0.0927. The van der Waals surface area contributed by atoms with Crippen LogP contribution in [0, 0.1) is 11.7 Å². The van der Waals surface area contributed by atoms with Crippen molar-refractivity contribution >= 4 is 34.9 Å². The molecule has 0 aliphatic rings. The summed E-state index contributed by atoms with van der Waals surface area (Å²) in [6, 6.07) is 9.99. The minimum Gasteiger partial charge on any atom is -0.451 e. The molecule has 0 saturated heterocycles.